The molecule has 2 heterocycles. The number of allylic oxidation sites excluding steroid dienone is 8. The van der Waals surface area contributed by atoms with Gasteiger partial charge >= 0.3 is 0 Å². The Kier molecular flexibility index (Phi) is 9.40. The van der Waals surface area contributed by atoms with Gasteiger partial charge in [0.2, 0.25) is 0 Å². The highest BCUT2D eigenvalue weighted by Gasteiger charge is 2.28. The molecule has 2 aliphatic heterocycles. The van der Waals surface area contributed by atoms with Crippen molar-refractivity contribution in [3.8, 4) is 17.2 Å². The lowest BCUT2D eigenvalue weighted by molar-refractivity contribution is 0.357. The van der Waals surface area contributed by atoms with Gasteiger partial charge in [-0.1, -0.05) is 67.3 Å². The number of nitrogens with zero attached hydrogens (tertiary/aromatic N) is 2. The second-order valence-corrected chi connectivity index (χ2v) is 11.0. The molecule has 0 fully saturated rings. The Labute approximate surface area is 267 Å². The van der Waals surface area contributed by atoms with Gasteiger partial charge in [-0.3, -0.25) is 0 Å². The molecule has 2 atom stereocenters. The average Bonchev–Trinajstić information content (AvgIpc) is 3.10. The van der Waals surface area contributed by atoms with Crippen molar-refractivity contribution in [1.29, 1.82) is 5.26 Å². The molecule has 3 aromatic rings. The lowest BCUT2D eigenvalue weighted by atomic mass is 9.92. The Balaban J connectivity index is 1.41. The van der Waals surface area contributed by atoms with Crippen molar-refractivity contribution >= 4 is 28.3 Å². The molecule has 2 unspecified atom stereocenters. The maximum absolute atomic E-state index is 10.0. The van der Waals surface area contributed by atoms with E-state index < -0.39 is 0 Å². The summed E-state index contributed by atoms with van der Waals surface area (Å²) < 4.78 is 0. The molecule has 0 amide bonds. The predicted octanol–water partition coefficient (Wildman–Crippen LogP) is 7.52. The molecule has 0 aliphatic carbocycles. The zero-order valence-corrected chi connectivity index (χ0v) is 26.3. The van der Waals surface area contributed by atoms with E-state index in [0.717, 1.165) is 56.2 Å². The highest BCUT2D eigenvalue weighted by atomic mass is 15.2. The number of benzene rings is 3. The van der Waals surface area contributed by atoms with Crippen LogP contribution in [-0.4, -0.2) is 38.1 Å². The third-order valence-electron chi connectivity index (χ3n) is 8.34. The van der Waals surface area contributed by atoms with Gasteiger partial charge in [0, 0.05) is 60.7 Å². The standard InChI is InChI=1S/C39H40N6/c1-6-31(41)19-13-26(2)28-14-15-30(25-40)33(23-28)38-11-8-12-39(45(38)5)37-10-7-9-36(44-37)34-24-29(18-22-35(34)43-4)27-16-20-32(42-3)21-17-27/h6-24,37,39,42-44H,2,41H2,1,3-5H3/b19-13-,31-6+. The molecule has 0 radical (unpaired) electrons. The van der Waals surface area contributed by atoms with E-state index in [1.165, 1.54) is 0 Å². The van der Waals surface area contributed by atoms with E-state index in [1.807, 2.05) is 57.4 Å². The maximum atomic E-state index is 10.0. The van der Waals surface area contributed by atoms with Crippen molar-refractivity contribution < 1.29 is 0 Å². The minimum atomic E-state index is -0.00588. The molecule has 0 saturated carbocycles. The summed E-state index contributed by atoms with van der Waals surface area (Å²) in [7, 11) is 5.96. The van der Waals surface area contributed by atoms with Gasteiger partial charge in [0.15, 0.2) is 0 Å². The monoisotopic (exact) mass is 592 g/mol. The van der Waals surface area contributed by atoms with Crippen LogP contribution >= 0.6 is 0 Å². The van der Waals surface area contributed by atoms with E-state index in [4.69, 9.17) is 5.73 Å². The number of dihydropyridines is 1. The minimum absolute atomic E-state index is 0.00588. The summed E-state index contributed by atoms with van der Waals surface area (Å²) in [5.41, 5.74) is 17.4. The van der Waals surface area contributed by atoms with Crippen LogP contribution in [0.25, 0.3) is 28.1 Å². The van der Waals surface area contributed by atoms with Crippen LogP contribution in [0.4, 0.5) is 11.4 Å². The Bertz CT molecular complexity index is 1810. The summed E-state index contributed by atoms with van der Waals surface area (Å²) in [6, 6.07) is 23.2. The first kappa shape index (κ1) is 30.8. The minimum Gasteiger partial charge on any atom is -0.399 e. The normalized spacial score (nSPS) is 17.8. The summed E-state index contributed by atoms with van der Waals surface area (Å²) in [5.74, 6) is 0. The topological polar surface area (TPSA) is 89.1 Å². The molecule has 226 valence electrons. The van der Waals surface area contributed by atoms with Gasteiger partial charge in [0.05, 0.1) is 23.7 Å². The van der Waals surface area contributed by atoms with Crippen LogP contribution in [0, 0.1) is 11.3 Å². The second-order valence-electron chi connectivity index (χ2n) is 11.0. The van der Waals surface area contributed by atoms with Crippen LogP contribution in [0.3, 0.4) is 0 Å². The predicted molar refractivity (Wildman–Crippen MR) is 191 cm³/mol. The molecule has 6 heteroatoms. The van der Waals surface area contributed by atoms with Crippen LogP contribution in [0.15, 0.2) is 128 Å². The van der Waals surface area contributed by atoms with E-state index in [2.05, 4.69) is 119 Å². The summed E-state index contributed by atoms with van der Waals surface area (Å²) >= 11 is 0. The van der Waals surface area contributed by atoms with Crippen LogP contribution in [0.1, 0.15) is 29.2 Å². The highest BCUT2D eigenvalue weighted by Crippen LogP contribution is 2.34. The van der Waals surface area contributed by atoms with E-state index in [-0.39, 0.29) is 12.1 Å². The van der Waals surface area contributed by atoms with Gasteiger partial charge in [-0.2, -0.15) is 5.26 Å². The number of nitriles is 1. The fourth-order valence-corrected chi connectivity index (χ4v) is 5.66. The molecule has 5 rings (SSSR count). The molecular weight excluding hydrogens is 552 g/mol. The molecule has 6 nitrogen and oxygen atoms in total. The zero-order valence-electron chi connectivity index (χ0n) is 26.3. The van der Waals surface area contributed by atoms with Gasteiger partial charge < -0.3 is 26.6 Å². The largest absolute Gasteiger partial charge is 0.399 e. The SMILES string of the molecule is C=C(/C=C\C(N)=C/C)c1ccc(C#N)c(C2=CC=CC(C3C=CC=C(c4cc(-c5ccc(NC)cc5)ccc4NC)N3)N2C)c1. The molecule has 45 heavy (non-hydrogen) atoms. The molecular formula is C39H40N6. The lowest BCUT2D eigenvalue weighted by Gasteiger charge is -2.38. The zero-order chi connectivity index (χ0) is 31.9. The third-order valence-corrected chi connectivity index (χ3v) is 8.34. The maximum Gasteiger partial charge on any atom is 0.0998 e. The number of anilines is 2. The van der Waals surface area contributed by atoms with Crippen molar-refractivity contribution in [3.05, 3.63) is 150 Å². The Morgan fingerprint density at radius 1 is 0.933 bits per heavy atom. The first-order chi connectivity index (χ1) is 21.9. The third kappa shape index (κ3) is 6.63. The van der Waals surface area contributed by atoms with Crippen molar-refractivity contribution in [2.24, 2.45) is 5.73 Å². The number of nitrogens with one attached hydrogen (secondary N) is 3. The fraction of sp³-hybridized carbons (Fsp3) is 0.154. The average molecular weight is 593 g/mol. The number of hydrogen-bond donors (Lipinski definition) is 4. The number of hydrogen-bond acceptors (Lipinski definition) is 6. The lowest BCUT2D eigenvalue weighted by Crippen LogP contribution is -2.46. The highest BCUT2D eigenvalue weighted by molar-refractivity contribution is 5.83. The summed E-state index contributed by atoms with van der Waals surface area (Å²) in [6.07, 6.45) is 18.4. The van der Waals surface area contributed by atoms with Crippen molar-refractivity contribution in [1.82, 2.24) is 10.2 Å². The quantitative estimate of drug-likeness (QED) is 0.192. The van der Waals surface area contributed by atoms with E-state index in [9.17, 15) is 5.26 Å². The number of nitrogens with two attached hydrogens (primary N) is 1. The van der Waals surface area contributed by atoms with Gasteiger partial charge in [-0.15, -0.1) is 0 Å². The van der Waals surface area contributed by atoms with Crippen LogP contribution in [0.2, 0.25) is 0 Å². The number of likely N-dealkylation sites (N-methyl/N-ethyl adjacent to an activating group) is 1. The molecule has 0 aromatic heterocycles. The van der Waals surface area contributed by atoms with Crippen LogP contribution in [0.5, 0.6) is 0 Å². The van der Waals surface area contributed by atoms with Crippen molar-refractivity contribution in [3.63, 3.8) is 0 Å². The Hall–Kier alpha value is -5.67. The number of rotatable bonds is 9. The Morgan fingerprint density at radius 2 is 1.69 bits per heavy atom. The molecule has 0 spiro atoms. The van der Waals surface area contributed by atoms with E-state index in [1.54, 1.807) is 0 Å². The fourth-order valence-electron chi connectivity index (χ4n) is 5.66. The van der Waals surface area contributed by atoms with Crippen LogP contribution < -0.4 is 21.7 Å². The van der Waals surface area contributed by atoms with E-state index >= 15 is 0 Å². The second kappa shape index (κ2) is 13.7. The van der Waals surface area contributed by atoms with Gasteiger partial charge in [0.25, 0.3) is 0 Å². The molecule has 3 aromatic carbocycles. The molecule has 2 aliphatic rings. The van der Waals surface area contributed by atoms with Crippen molar-refractivity contribution in [2.45, 2.75) is 19.0 Å². The van der Waals surface area contributed by atoms with Crippen LogP contribution in [-0.2, 0) is 0 Å². The van der Waals surface area contributed by atoms with E-state index in [0.29, 0.717) is 11.3 Å². The first-order valence-corrected chi connectivity index (χ1v) is 15.1. The molecule has 5 N–H and O–H groups in total. The smallest absolute Gasteiger partial charge is 0.0998 e. The summed E-state index contributed by atoms with van der Waals surface area (Å²) in [4.78, 5) is 2.24. The molecule has 0 bridgehead atoms. The Morgan fingerprint density at radius 3 is 2.40 bits per heavy atom. The van der Waals surface area contributed by atoms with Crippen molar-refractivity contribution in [2.75, 3.05) is 31.8 Å². The molecule has 0 saturated heterocycles. The van der Waals surface area contributed by atoms with Gasteiger partial charge in [0.1, 0.15) is 0 Å². The van der Waals surface area contributed by atoms with Gasteiger partial charge in [-0.25, -0.2) is 0 Å². The van der Waals surface area contributed by atoms with Gasteiger partial charge in [-0.05, 0) is 83.8 Å². The summed E-state index contributed by atoms with van der Waals surface area (Å²) in [6.45, 7) is 6.13. The first-order valence-electron chi connectivity index (χ1n) is 15.1. The summed E-state index contributed by atoms with van der Waals surface area (Å²) in [5, 5.41) is 20.4.